The third-order valence-corrected chi connectivity index (χ3v) is 3.74. The van der Waals surface area contributed by atoms with E-state index < -0.39 is 0 Å². The van der Waals surface area contributed by atoms with Crippen molar-refractivity contribution in [2.24, 2.45) is 5.92 Å². The molecule has 0 aliphatic carbocycles. The van der Waals surface area contributed by atoms with E-state index in [4.69, 9.17) is 21.4 Å². The van der Waals surface area contributed by atoms with Crippen molar-refractivity contribution in [3.05, 3.63) is 17.0 Å². The minimum Gasteiger partial charge on any atom is -0.396 e. The summed E-state index contributed by atoms with van der Waals surface area (Å²) in [7, 11) is 0. The smallest absolute Gasteiger partial charge is 0.158 e. The molecule has 1 aromatic rings. The second kappa shape index (κ2) is 7.76. The number of halogens is 1. The number of aromatic nitrogens is 2. The Hall–Kier alpha value is -0.910. The van der Waals surface area contributed by atoms with Crippen LogP contribution in [0, 0.1) is 5.92 Å². The SMILES string of the molecule is CCOCc1nc(Cl)cc(N2CCCC(CCO)C2)n1. The van der Waals surface area contributed by atoms with Gasteiger partial charge in [0, 0.05) is 32.4 Å². The molecule has 2 heterocycles. The maximum atomic E-state index is 9.08. The molecular weight excluding hydrogens is 278 g/mol. The molecule has 1 atom stereocenters. The first-order valence-electron chi connectivity index (χ1n) is 7.20. The largest absolute Gasteiger partial charge is 0.396 e. The molecule has 1 saturated heterocycles. The minimum absolute atomic E-state index is 0.249. The van der Waals surface area contributed by atoms with Crippen molar-refractivity contribution in [1.29, 1.82) is 0 Å². The average Bonchev–Trinajstić information content (AvgIpc) is 2.45. The molecule has 112 valence electrons. The zero-order valence-corrected chi connectivity index (χ0v) is 12.6. The van der Waals surface area contributed by atoms with Gasteiger partial charge in [-0.1, -0.05) is 11.6 Å². The first kappa shape index (κ1) is 15.5. The molecule has 1 aromatic heterocycles. The fraction of sp³-hybridized carbons (Fsp3) is 0.714. The molecule has 1 aliphatic rings. The van der Waals surface area contributed by atoms with Crippen molar-refractivity contribution in [1.82, 2.24) is 9.97 Å². The lowest BCUT2D eigenvalue weighted by atomic mass is 9.95. The number of ether oxygens (including phenoxy) is 1. The molecule has 0 amide bonds. The summed E-state index contributed by atoms with van der Waals surface area (Å²) in [5.74, 6) is 2.01. The maximum absolute atomic E-state index is 9.08. The fourth-order valence-electron chi connectivity index (χ4n) is 2.56. The van der Waals surface area contributed by atoms with Crippen LogP contribution >= 0.6 is 11.6 Å². The highest BCUT2D eigenvalue weighted by atomic mass is 35.5. The molecule has 1 fully saturated rings. The van der Waals surface area contributed by atoms with E-state index in [1.54, 1.807) is 6.07 Å². The zero-order valence-electron chi connectivity index (χ0n) is 11.9. The van der Waals surface area contributed by atoms with Crippen LogP contribution in [0.2, 0.25) is 5.15 Å². The van der Waals surface area contributed by atoms with Crippen molar-refractivity contribution in [2.75, 3.05) is 31.2 Å². The molecule has 0 saturated carbocycles. The zero-order chi connectivity index (χ0) is 14.4. The van der Waals surface area contributed by atoms with Gasteiger partial charge in [0.15, 0.2) is 5.82 Å². The molecule has 0 radical (unpaired) electrons. The number of anilines is 1. The van der Waals surface area contributed by atoms with Gasteiger partial charge in [-0.25, -0.2) is 9.97 Å². The van der Waals surface area contributed by atoms with Crippen molar-refractivity contribution >= 4 is 17.4 Å². The molecule has 5 nitrogen and oxygen atoms in total. The topological polar surface area (TPSA) is 58.5 Å². The highest BCUT2D eigenvalue weighted by molar-refractivity contribution is 6.29. The van der Waals surface area contributed by atoms with Gasteiger partial charge in [-0.15, -0.1) is 0 Å². The van der Waals surface area contributed by atoms with E-state index in [0.29, 0.717) is 30.1 Å². The predicted octanol–water partition coefficient (Wildman–Crippen LogP) is 2.27. The van der Waals surface area contributed by atoms with Gasteiger partial charge in [0.2, 0.25) is 0 Å². The number of hydrogen-bond donors (Lipinski definition) is 1. The van der Waals surface area contributed by atoms with Gasteiger partial charge in [-0.2, -0.15) is 0 Å². The van der Waals surface area contributed by atoms with Gasteiger partial charge in [0.05, 0.1) is 0 Å². The number of aliphatic hydroxyl groups is 1. The van der Waals surface area contributed by atoms with Crippen LogP contribution in [0.3, 0.4) is 0 Å². The van der Waals surface area contributed by atoms with E-state index in [1.165, 1.54) is 6.42 Å². The van der Waals surface area contributed by atoms with E-state index in [0.717, 1.165) is 31.7 Å². The van der Waals surface area contributed by atoms with E-state index in [9.17, 15) is 0 Å². The Kier molecular flexibility index (Phi) is 6.01. The van der Waals surface area contributed by atoms with Gasteiger partial charge in [-0.05, 0) is 32.1 Å². The van der Waals surface area contributed by atoms with Gasteiger partial charge in [-0.3, -0.25) is 0 Å². The van der Waals surface area contributed by atoms with E-state index >= 15 is 0 Å². The summed E-state index contributed by atoms with van der Waals surface area (Å²) in [5.41, 5.74) is 0. The van der Waals surface area contributed by atoms with Crippen molar-refractivity contribution < 1.29 is 9.84 Å². The Labute approximate surface area is 124 Å². The molecule has 20 heavy (non-hydrogen) atoms. The predicted molar refractivity (Wildman–Crippen MR) is 79.0 cm³/mol. The Morgan fingerprint density at radius 2 is 2.35 bits per heavy atom. The summed E-state index contributed by atoms with van der Waals surface area (Å²) in [6.07, 6.45) is 3.13. The molecule has 1 aliphatic heterocycles. The first-order chi connectivity index (χ1) is 9.72. The standard InChI is InChI=1S/C14H22ClN3O2/c1-2-20-10-13-16-12(15)8-14(17-13)18-6-3-4-11(9-18)5-7-19/h8,11,19H,2-7,9-10H2,1H3. The van der Waals surface area contributed by atoms with Crippen LogP contribution in [-0.4, -0.2) is 41.4 Å². The number of aliphatic hydroxyl groups excluding tert-OH is 1. The van der Waals surface area contributed by atoms with Crippen LogP contribution in [0.15, 0.2) is 6.07 Å². The number of piperidine rings is 1. The van der Waals surface area contributed by atoms with Crippen LogP contribution in [0.1, 0.15) is 32.0 Å². The van der Waals surface area contributed by atoms with Crippen molar-refractivity contribution in [3.63, 3.8) is 0 Å². The lowest BCUT2D eigenvalue weighted by Gasteiger charge is -2.33. The monoisotopic (exact) mass is 299 g/mol. The summed E-state index contributed by atoms with van der Waals surface area (Å²) < 4.78 is 5.34. The van der Waals surface area contributed by atoms with Crippen LogP contribution in [-0.2, 0) is 11.3 Å². The van der Waals surface area contributed by atoms with Crippen molar-refractivity contribution in [3.8, 4) is 0 Å². The third kappa shape index (κ3) is 4.30. The molecule has 0 aromatic carbocycles. The molecule has 2 rings (SSSR count). The van der Waals surface area contributed by atoms with Crippen molar-refractivity contribution in [2.45, 2.75) is 32.8 Å². The Balaban J connectivity index is 2.08. The molecular formula is C14H22ClN3O2. The molecule has 0 spiro atoms. The minimum atomic E-state index is 0.249. The fourth-order valence-corrected chi connectivity index (χ4v) is 2.76. The molecule has 1 N–H and O–H groups in total. The summed E-state index contributed by atoms with van der Waals surface area (Å²) in [6.45, 7) is 5.10. The molecule has 1 unspecified atom stereocenters. The molecule has 6 heteroatoms. The number of nitrogens with zero attached hydrogens (tertiary/aromatic N) is 3. The highest BCUT2D eigenvalue weighted by Crippen LogP contribution is 2.25. The van der Waals surface area contributed by atoms with Gasteiger partial charge in [0.25, 0.3) is 0 Å². The van der Waals surface area contributed by atoms with Crippen LogP contribution in [0.5, 0.6) is 0 Å². The summed E-state index contributed by atoms with van der Waals surface area (Å²) >= 11 is 6.07. The summed E-state index contributed by atoms with van der Waals surface area (Å²) in [6, 6.07) is 1.80. The Bertz CT molecular complexity index is 429. The quantitative estimate of drug-likeness (QED) is 0.817. The highest BCUT2D eigenvalue weighted by Gasteiger charge is 2.21. The van der Waals surface area contributed by atoms with Gasteiger partial charge < -0.3 is 14.7 Å². The Morgan fingerprint density at radius 1 is 1.50 bits per heavy atom. The van der Waals surface area contributed by atoms with Crippen LogP contribution < -0.4 is 4.90 Å². The van der Waals surface area contributed by atoms with E-state index in [1.807, 2.05) is 6.92 Å². The normalized spacial score (nSPS) is 19.4. The van der Waals surface area contributed by atoms with Crippen LogP contribution in [0.4, 0.5) is 5.82 Å². The van der Waals surface area contributed by atoms with Crippen LogP contribution in [0.25, 0.3) is 0 Å². The number of hydrogen-bond acceptors (Lipinski definition) is 5. The average molecular weight is 300 g/mol. The summed E-state index contributed by atoms with van der Waals surface area (Å²) in [5, 5.41) is 9.53. The van der Waals surface area contributed by atoms with E-state index in [2.05, 4.69) is 14.9 Å². The molecule has 0 bridgehead atoms. The maximum Gasteiger partial charge on any atom is 0.158 e. The lowest BCUT2D eigenvalue weighted by Crippen LogP contribution is -2.36. The third-order valence-electron chi connectivity index (χ3n) is 3.54. The second-order valence-electron chi connectivity index (χ2n) is 5.07. The second-order valence-corrected chi connectivity index (χ2v) is 5.46. The van der Waals surface area contributed by atoms with Gasteiger partial charge >= 0.3 is 0 Å². The van der Waals surface area contributed by atoms with E-state index in [-0.39, 0.29) is 6.61 Å². The number of rotatable bonds is 6. The van der Waals surface area contributed by atoms with Gasteiger partial charge in [0.1, 0.15) is 17.6 Å². The Morgan fingerprint density at radius 3 is 3.10 bits per heavy atom. The first-order valence-corrected chi connectivity index (χ1v) is 7.57. The lowest BCUT2D eigenvalue weighted by molar-refractivity contribution is 0.128. The summed E-state index contributed by atoms with van der Waals surface area (Å²) in [4.78, 5) is 10.9.